The average molecular weight is 414 g/mol. The predicted molar refractivity (Wildman–Crippen MR) is 122 cm³/mol. The van der Waals surface area contributed by atoms with Gasteiger partial charge in [-0.25, -0.2) is 0 Å². The lowest BCUT2D eigenvalue weighted by atomic mass is 10.2. The van der Waals surface area contributed by atoms with Crippen LogP contribution in [0.4, 0.5) is 5.69 Å². The number of hydrogen-bond acceptors (Lipinski definition) is 6. The maximum atomic E-state index is 9.92. The van der Waals surface area contributed by atoms with Gasteiger partial charge in [-0.3, -0.25) is 4.90 Å². The van der Waals surface area contributed by atoms with Crippen LogP contribution in [-0.2, 0) is 0 Å². The molecule has 1 saturated heterocycles. The molecule has 1 aliphatic rings. The summed E-state index contributed by atoms with van der Waals surface area (Å²) < 4.78 is 11.5. The molecular formula is C24H35N3O3. The maximum Gasteiger partial charge on any atom is 0.119 e. The van der Waals surface area contributed by atoms with E-state index in [4.69, 9.17) is 9.47 Å². The molecule has 1 atom stereocenters. The Labute approximate surface area is 180 Å². The number of anilines is 1. The Hall–Kier alpha value is -2.28. The molecule has 1 aliphatic heterocycles. The molecule has 6 nitrogen and oxygen atoms in total. The van der Waals surface area contributed by atoms with E-state index in [0.717, 1.165) is 44.2 Å². The SMILES string of the molecule is CC(C)NC[C@@H](O)COc1ccc(OCCN2CCN(c3ccccc3)CC2)cc1. The van der Waals surface area contributed by atoms with E-state index in [0.29, 0.717) is 19.2 Å². The number of aliphatic hydroxyl groups excluding tert-OH is 1. The third-order valence-corrected chi connectivity index (χ3v) is 5.20. The van der Waals surface area contributed by atoms with Gasteiger partial charge in [-0.2, -0.15) is 0 Å². The lowest BCUT2D eigenvalue weighted by molar-refractivity contribution is 0.104. The van der Waals surface area contributed by atoms with Crippen LogP contribution in [-0.4, -0.2) is 74.6 Å². The average Bonchev–Trinajstić information content (AvgIpc) is 2.78. The first-order valence-electron chi connectivity index (χ1n) is 10.9. The molecule has 164 valence electrons. The molecule has 6 heteroatoms. The van der Waals surface area contributed by atoms with Crippen molar-refractivity contribution in [1.29, 1.82) is 0 Å². The van der Waals surface area contributed by atoms with Crippen LogP contribution in [0.2, 0.25) is 0 Å². The van der Waals surface area contributed by atoms with Gasteiger partial charge in [0.15, 0.2) is 0 Å². The van der Waals surface area contributed by atoms with Gasteiger partial charge in [0.2, 0.25) is 0 Å². The van der Waals surface area contributed by atoms with E-state index in [2.05, 4.69) is 59.3 Å². The minimum atomic E-state index is -0.523. The summed E-state index contributed by atoms with van der Waals surface area (Å²) in [7, 11) is 0. The molecule has 1 fully saturated rings. The number of nitrogens with zero attached hydrogens (tertiary/aromatic N) is 2. The van der Waals surface area contributed by atoms with Crippen LogP contribution in [0.15, 0.2) is 54.6 Å². The molecule has 0 aromatic heterocycles. The molecule has 1 heterocycles. The fraction of sp³-hybridized carbons (Fsp3) is 0.500. The first-order valence-corrected chi connectivity index (χ1v) is 10.9. The third kappa shape index (κ3) is 7.52. The highest BCUT2D eigenvalue weighted by atomic mass is 16.5. The number of aliphatic hydroxyl groups is 1. The quantitative estimate of drug-likeness (QED) is 0.591. The van der Waals surface area contributed by atoms with E-state index in [9.17, 15) is 5.11 Å². The molecule has 2 aromatic carbocycles. The normalized spacial score (nSPS) is 15.9. The molecule has 30 heavy (non-hydrogen) atoms. The molecule has 0 radical (unpaired) electrons. The summed E-state index contributed by atoms with van der Waals surface area (Å²) in [6, 6.07) is 18.6. The van der Waals surface area contributed by atoms with E-state index >= 15 is 0 Å². The monoisotopic (exact) mass is 413 g/mol. The van der Waals surface area contributed by atoms with Crippen molar-refractivity contribution in [2.24, 2.45) is 0 Å². The van der Waals surface area contributed by atoms with Gasteiger partial charge in [0.25, 0.3) is 0 Å². The van der Waals surface area contributed by atoms with Gasteiger partial charge < -0.3 is 24.8 Å². The highest BCUT2D eigenvalue weighted by molar-refractivity contribution is 5.46. The lowest BCUT2D eigenvalue weighted by Crippen LogP contribution is -2.47. The summed E-state index contributed by atoms with van der Waals surface area (Å²) in [5.74, 6) is 1.58. The maximum absolute atomic E-state index is 9.92. The zero-order valence-electron chi connectivity index (χ0n) is 18.2. The standard InChI is InChI=1S/C24H35N3O3/c1-20(2)25-18-22(28)19-30-24-10-8-23(9-11-24)29-17-16-26-12-14-27(15-13-26)21-6-4-3-5-7-21/h3-11,20,22,25,28H,12-19H2,1-2H3/t22-/m1/s1. The molecule has 0 spiro atoms. The molecule has 0 aliphatic carbocycles. The second-order valence-electron chi connectivity index (χ2n) is 8.01. The highest BCUT2D eigenvalue weighted by Crippen LogP contribution is 2.18. The summed E-state index contributed by atoms with van der Waals surface area (Å²) in [6.07, 6.45) is -0.523. The van der Waals surface area contributed by atoms with Crippen LogP contribution >= 0.6 is 0 Å². The van der Waals surface area contributed by atoms with Gasteiger partial charge in [0.05, 0.1) is 0 Å². The first-order chi connectivity index (χ1) is 14.6. The van der Waals surface area contributed by atoms with E-state index in [1.165, 1.54) is 5.69 Å². The summed E-state index contributed by atoms with van der Waals surface area (Å²) in [4.78, 5) is 4.88. The number of benzene rings is 2. The van der Waals surface area contributed by atoms with Crippen molar-refractivity contribution in [3.63, 3.8) is 0 Å². The predicted octanol–water partition coefficient (Wildman–Crippen LogP) is 2.63. The smallest absolute Gasteiger partial charge is 0.119 e. The Morgan fingerprint density at radius 1 is 0.900 bits per heavy atom. The van der Waals surface area contributed by atoms with Crippen LogP contribution in [0.3, 0.4) is 0 Å². The molecule has 3 rings (SSSR count). The lowest BCUT2D eigenvalue weighted by Gasteiger charge is -2.36. The van der Waals surface area contributed by atoms with Crippen molar-refractivity contribution in [1.82, 2.24) is 10.2 Å². The molecule has 0 bridgehead atoms. The van der Waals surface area contributed by atoms with Crippen LogP contribution in [0.1, 0.15) is 13.8 Å². The van der Waals surface area contributed by atoms with Gasteiger partial charge in [0, 0.05) is 51.0 Å². The Morgan fingerprint density at radius 2 is 1.53 bits per heavy atom. The first kappa shape index (κ1) is 22.4. The van der Waals surface area contributed by atoms with Crippen LogP contribution in [0, 0.1) is 0 Å². The van der Waals surface area contributed by atoms with Gasteiger partial charge in [-0.05, 0) is 36.4 Å². The largest absolute Gasteiger partial charge is 0.492 e. The molecule has 2 N–H and O–H groups in total. The topological polar surface area (TPSA) is 57.2 Å². The second-order valence-corrected chi connectivity index (χ2v) is 8.01. The van der Waals surface area contributed by atoms with Crippen LogP contribution in [0.25, 0.3) is 0 Å². The van der Waals surface area contributed by atoms with Crippen molar-refractivity contribution < 1.29 is 14.6 Å². The van der Waals surface area contributed by atoms with Crippen molar-refractivity contribution in [3.05, 3.63) is 54.6 Å². The minimum absolute atomic E-state index is 0.273. The number of piperazine rings is 1. The molecule has 0 amide bonds. The number of nitrogens with one attached hydrogen (secondary N) is 1. The molecule has 2 aromatic rings. The fourth-order valence-corrected chi connectivity index (χ4v) is 3.42. The molecule has 0 unspecified atom stereocenters. The number of hydrogen-bond donors (Lipinski definition) is 2. The van der Waals surface area contributed by atoms with Crippen molar-refractivity contribution in [2.45, 2.75) is 26.0 Å². The summed E-state index contributed by atoms with van der Waals surface area (Å²) >= 11 is 0. The second kappa shape index (κ2) is 11.8. The van der Waals surface area contributed by atoms with E-state index < -0.39 is 6.10 Å². The number of rotatable bonds is 11. The Kier molecular flexibility index (Phi) is 8.81. The Bertz CT molecular complexity index is 716. The summed E-state index contributed by atoms with van der Waals surface area (Å²) in [6.45, 7) is 10.7. The van der Waals surface area contributed by atoms with Gasteiger partial charge in [0.1, 0.15) is 30.8 Å². The van der Waals surface area contributed by atoms with Gasteiger partial charge in [-0.1, -0.05) is 32.0 Å². The number of ether oxygens (including phenoxy) is 2. The van der Waals surface area contributed by atoms with E-state index in [1.54, 1.807) is 0 Å². The summed E-state index contributed by atoms with van der Waals surface area (Å²) in [5.41, 5.74) is 1.31. The van der Waals surface area contributed by atoms with Crippen LogP contribution in [0.5, 0.6) is 11.5 Å². The third-order valence-electron chi connectivity index (χ3n) is 5.20. The Balaban J connectivity index is 1.31. The highest BCUT2D eigenvalue weighted by Gasteiger charge is 2.16. The molecular weight excluding hydrogens is 378 g/mol. The zero-order chi connectivity index (χ0) is 21.2. The Morgan fingerprint density at radius 3 is 2.17 bits per heavy atom. The van der Waals surface area contributed by atoms with E-state index in [1.807, 2.05) is 24.3 Å². The fourth-order valence-electron chi connectivity index (χ4n) is 3.42. The summed E-state index contributed by atoms with van der Waals surface area (Å²) in [5, 5.41) is 13.1. The van der Waals surface area contributed by atoms with Crippen molar-refractivity contribution in [3.8, 4) is 11.5 Å². The molecule has 0 saturated carbocycles. The van der Waals surface area contributed by atoms with Gasteiger partial charge >= 0.3 is 0 Å². The van der Waals surface area contributed by atoms with Crippen molar-refractivity contribution in [2.75, 3.05) is 57.4 Å². The van der Waals surface area contributed by atoms with Crippen LogP contribution < -0.4 is 19.7 Å². The van der Waals surface area contributed by atoms with E-state index in [-0.39, 0.29) is 6.61 Å². The minimum Gasteiger partial charge on any atom is -0.492 e. The van der Waals surface area contributed by atoms with Gasteiger partial charge in [-0.15, -0.1) is 0 Å². The zero-order valence-corrected chi connectivity index (χ0v) is 18.2. The van der Waals surface area contributed by atoms with Crippen molar-refractivity contribution >= 4 is 5.69 Å². The number of para-hydroxylation sites is 1.